The third kappa shape index (κ3) is 4.63. The largest absolute Gasteiger partial charge is 0.489 e. The van der Waals surface area contributed by atoms with Crippen molar-refractivity contribution in [2.75, 3.05) is 6.61 Å². The number of Topliss-reactive ketones (excluding diaryl/α,β-unsaturated/α-hetero) is 1. The maximum atomic E-state index is 12.7. The van der Waals surface area contributed by atoms with Crippen LogP contribution in [-0.4, -0.2) is 33.2 Å². The molecule has 0 atom stereocenters. The highest BCUT2D eigenvalue weighted by molar-refractivity contribution is 6.00. The lowest BCUT2D eigenvalue weighted by Gasteiger charge is -2.08. The smallest absolute Gasteiger partial charge is 0.338 e. The minimum absolute atomic E-state index is 0.299. The molecule has 34 heavy (non-hydrogen) atoms. The van der Waals surface area contributed by atoms with Gasteiger partial charge in [0.2, 0.25) is 5.78 Å². The van der Waals surface area contributed by atoms with Crippen molar-refractivity contribution in [2.45, 2.75) is 41.2 Å². The number of hydrogen-bond donors (Lipinski definition) is 0. The Morgan fingerprint density at radius 2 is 1.71 bits per heavy atom. The van der Waals surface area contributed by atoms with Crippen LogP contribution in [0.5, 0.6) is 5.75 Å². The van der Waals surface area contributed by atoms with E-state index in [4.69, 9.17) is 18.5 Å². The van der Waals surface area contributed by atoms with Gasteiger partial charge in [0.25, 0.3) is 0 Å². The van der Waals surface area contributed by atoms with E-state index >= 15 is 0 Å². The lowest BCUT2D eigenvalue weighted by Crippen LogP contribution is -2.15. The lowest BCUT2D eigenvalue weighted by molar-refractivity contribution is 0.0474. The molecular formula is C25H25N3O6. The van der Waals surface area contributed by atoms with Gasteiger partial charge in [-0.1, -0.05) is 10.3 Å². The van der Waals surface area contributed by atoms with Crippen molar-refractivity contribution in [3.63, 3.8) is 0 Å². The monoisotopic (exact) mass is 463 g/mol. The van der Waals surface area contributed by atoms with E-state index < -0.39 is 5.97 Å². The van der Waals surface area contributed by atoms with Crippen molar-refractivity contribution in [1.29, 1.82) is 0 Å². The van der Waals surface area contributed by atoms with Crippen LogP contribution in [0.4, 0.5) is 0 Å². The van der Waals surface area contributed by atoms with Crippen molar-refractivity contribution in [2.24, 2.45) is 0 Å². The average Bonchev–Trinajstić information content (AvgIpc) is 3.47. The normalized spacial score (nSPS) is 11.0. The van der Waals surface area contributed by atoms with E-state index in [1.165, 1.54) is 0 Å². The maximum absolute atomic E-state index is 12.7. The Bertz CT molecular complexity index is 1320. The van der Waals surface area contributed by atoms with E-state index in [9.17, 15) is 9.59 Å². The van der Waals surface area contributed by atoms with Gasteiger partial charge in [-0.25, -0.2) is 4.79 Å². The summed E-state index contributed by atoms with van der Waals surface area (Å²) < 4.78 is 23.1. The maximum Gasteiger partial charge on any atom is 0.338 e. The quantitative estimate of drug-likeness (QED) is 0.275. The van der Waals surface area contributed by atoms with Gasteiger partial charge in [-0.05, 0) is 65.0 Å². The molecule has 0 bridgehead atoms. The third-order valence-corrected chi connectivity index (χ3v) is 5.56. The van der Waals surface area contributed by atoms with Gasteiger partial charge in [0.1, 0.15) is 23.9 Å². The lowest BCUT2D eigenvalue weighted by atomic mass is 10.1. The Kier molecular flexibility index (Phi) is 6.36. The third-order valence-electron chi connectivity index (χ3n) is 5.56. The molecule has 0 aliphatic carbocycles. The summed E-state index contributed by atoms with van der Waals surface area (Å²) in [6.07, 6.45) is 0. The van der Waals surface area contributed by atoms with Gasteiger partial charge in [0.15, 0.2) is 12.4 Å². The number of carbonyl (C=O) groups is 2. The van der Waals surface area contributed by atoms with Crippen LogP contribution in [0.15, 0.2) is 45.4 Å². The fourth-order valence-electron chi connectivity index (χ4n) is 3.70. The summed E-state index contributed by atoms with van der Waals surface area (Å²) in [6, 6.07) is 10.1. The molecule has 0 saturated heterocycles. The first kappa shape index (κ1) is 23.0. The number of ketones is 1. The molecule has 0 fully saturated rings. The van der Waals surface area contributed by atoms with Crippen molar-refractivity contribution in [3.8, 4) is 11.6 Å². The van der Waals surface area contributed by atoms with E-state index in [1.54, 1.807) is 43.3 Å². The molecule has 9 nitrogen and oxygen atoms in total. The van der Waals surface area contributed by atoms with E-state index in [1.807, 2.05) is 32.3 Å². The summed E-state index contributed by atoms with van der Waals surface area (Å²) in [7, 11) is 0. The van der Waals surface area contributed by atoms with E-state index in [-0.39, 0.29) is 12.4 Å². The molecule has 0 amide bonds. The minimum atomic E-state index is -0.591. The average molecular weight is 463 g/mol. The van der Waals surface area contributed by atoms with Crippen LogP contribution in [0.1, 0.15) is 54.9 Å². The van der Waals surface area contributed by atoms with Crippen molar-refractivity contribution >= 4 is 11.8 Å². The Morgan fingerprint density at radius 3 is 2.32 bits per heavy atom. The molecule has 0 radical (unpaired) electrons. The predicted molar refractivity (Wildman–Crippen MR) is 121 cm³/mol. The molecule has 4 aromatic rings. The topological polar surface area (TPSA) is 110 Å². The molecular weight excluding hydrogens is 438 g/mol. The molecule has 4 rings (SSSR count). The summed E-state index contributed by atoms with van der Waals surface area (Å²) >= 11 is 0. The fraction of sp³-hybridized carbons (Fsp3) is 0.280. The van der Waals surface area contributed by atoms with Gasteiger partial charge in [-0.15, -0.1) is 0 Å². The van der Waals surface area contributed by atoms with Gasteiger partial charge in [-0.2, -0.15) is 0 Å². The molecule has 0 unspecified atom stereocenters. The minimum Gasteiger partial charge on any atom is -0.489 e. The highest BCUT2D eigenvalue weighted by Crippen LogP contribution is 2.22. The zero-order chi connectivity index (χ0) is 24.4. The van der Waals surface area contributed by atoms with Crippen molar-refractivity contribution in [3.05, 3.63) is 81.7 Å². The van der Waals surface area contributed by atoms with Crippen molar-refractivity contribution in [1.82, 2.24) is 14.9 Å². The molecule has 3 heterocycles. The number of rotatable bonds is 8. The molecule has 0 saturated carbocycles. The van der Waals surface area contributed by atoms with Crippen LogP contribution in [0, 0.1) is 34.6 Å². The summed E-state index contributed by atoms with van der Waals surface area (Å²) in [6.45, 7) is 9.10. The van der Waals surface area contributed by atoms with E-state index in [0.717, 1.165) is 17.0 Å². The van der Waals surface area contributed by atoms with Crippen LogP contribution in [-0.2, 0) is 11.3 Å². The van der Waals surface area contributed by atoms with Crippen LogP contribution in [0.25, 0.3) is 5.82 Å². The van der Waals surface area contributed by atoms with Gasteiger partial charge in [0.05, 0.1) is 16.8 Å². The summed E-state index contributed by atoms with van der Waals surface area (Å²) in [5.74, 6) is 1.67. The number of aryl methyl sites for hydroxylation is 4. The number of aromatic nitrogens is 3. The molecule has 0 aliphatic rings. The second-order valence-electron chi connectivity index (χ2n) is 8.03. The van der Waals surface area contributed by atoms with Gasteiger partial charge in [-0.3, -0.25) is 9.36 Å². The van der Waals surface area contributed by atoms with Gasteiger partial charge in [0, 0.05) is 23.0 Å². The molecule has 3 aromatic heterocycles. The zero-order valence-corrected chi connectivity index (χ0v) is 19.7. The van der Waals surface area contributed by atoms with Gasteiger partial charge >= 0.3 is 5.97 Å². The number of esters is 1. The number of carbonyl (C=O) groups excluding carboxylic acids is 2. The number of hydrogen-bond acceptors (Lipinski definition) is 8. The first-order valence-electron chi connectivity index (χ1n) is 10.7. The molecule has 176 valence electrons. The SMILES string of the molecule is Cc1cc(-n2c(C)cc(C(=O)COC(=O)c3ccc(OCc4c(C)noc4C)cc3)c2C)no1. The first-order valence-corrected chi connectivity index (χ1v) is 10.7. The first-order chi connectivity index (χ1) is 16.2. The Balaban J connectivity index is 1.36. The second kappa shape index (κ2) is 9.38. The predicted octanol–water partition coefficient (Wildman–Crippen LogP) is 4.61. The zero-order valence-electron chi connectivity index (χ0n) is 19.7. The van der Waals surface area contributed by atoms with Crippen LogP contribution >= 0.6 is 0 Å². The standard InChI is InChI=1S/C25H25N3O6/c1-14-10-21(17(4)28(14)24-11-15(2)33-27-24)23(29)13-32-25(30)19-6-8-20(9-7-19)31-12-22-16(3)26-34-18(22)5/h6-11H,12-13H2,1-5H3. The van der Waals surface area contributed by atoms with E-state index in [0.29, 0.717) is 46.5 Å². The number of ether oxygens (including phenoxy) is 2. The van der Waals surface area contributed by atoms with Crippen molar-refractivity contribution < 1.29 is 28.1 Å². The number of benzene rings is 1. The highest BCUT2D eigenvalue weighted by Gasteiger charge is 2.20. The molecule has 0 N–H and O–H groups in total. The van der Waals surface area contributed by atoms with E-state index in [2.05, 4.69) is 10.3 Å². The molecule has 0 aliphatic heterocycles. The van der Waals surface area contributed by atoms with Crippen LogP contribution in [0.2, 0.25) is 0 Å². The highest BCUT2D eigenvalue weighted by atomic mass is 16.5. The Labute approximate surface area is 196 Å². The Hall–Kier alpha value is -4.14. The van der Waals surface area contributed by atoms with Crippen LogP contribution in [0.3, 0.4) is 0 Å². The second-order valence-corrected chi connectivity index (χ2v) is 8.03. The molecule has 1 aromatic carbocycles. The summed E-state index contributed by atoms with van der Waals surface area (Å²) in [4.78, 5) is 25.2. The molecule has 9 heteroatoms. The summed E-state index contributed by atoms with van der Waals surface area (Å²) in [5, 5.41) is 7.91. The number of nitrogens with zero attached hydrogens (tertiary/aromatic N) is 3. The Morgan fingerprint density at radius 1 is 0.971 bits per heavy atom. The fourth-order valence-corrected chi connectivity index (χ4v) is 3.70. The van der Waals surface area contributed by atoms with Crippen LogP contribution < -0.4 is 4.74 Å². The summed E-state index contributed by atoms with van der Waals surface area (Å²) in [5.41, 5.74) is 3.98. The molecule has 0 spiro atoms. The van der Waals surface area contributed by atoms with Gasteiger partial charge < -0.3 is 18.5 Å².